The van der Waals surface area contributed by atoms with Gasteiger partial charge in [-0.15, -0.1) is 0 Å². The Kier molecular flexibility index (Phi) is 6.72. The molecular formula is C15H17NO3. The van der Waals surface area contributed by atoms with Gasteiger partial charge in [-0.2, -0.15) is 0 Å². The Morgan fingerprint density at radius 3 is 2.63 bits per heavy atom. The molecular weight excluding hydrogens is 242 g/mol. The van der Waals surface area contributed by atoms with E-state index in [9.17, 15) is 9.59 Å². The van der Waals surface area contributed by atoms with Crippen molar-refractivity contribution in [3.63, 3.8) is 0 Å². The molecule has 0 unspecified atom stereocenters. The Bertz CT molecular complexity index is 464. The Morgan fingerprint density at radius 2 is 1.95 bits per heavy atom. The highest BCUT2D eigenvalue weighted by Gasteiger charge is 1.96. The van der Waals surface area contributed by atoms with E-state index in [0.717, 1.165) is 17.7 Å². The summed E-state index contributed by atoms with van der Waals surface area (Å²) in [5, 5.41) is 2.63. The minimum atomic E-state index is -0.516. The predicted molar refractivity (Wildman–Crippen MR) is 74.3 cm³/mol. The van der Waals surface area contributed by atoms with Gasteiger partial charge in [-0.05, 0) is 12.5 Å². The highest BCUT2D eigenvalue weighted by atomic mass is 16.5. The summed E-state index contributed by atoms with van der Waals surface area (Å²) < 4.78 is 4.66. The van der Waals surface area contributed by atoms with Gasteiger partial charge in [0.15, 0.2) is 0 Å². The van der Waals surface area contributed by atoms with E-state index < -0.39 is 5.97 Å². The summed E-state index contributed by atoms with van der Waals surface area (Å²) in [5.74, 6) is -0.844. The predicted octanol–water partition coefficient (Wildman–Crippen LogP) is 1.94. The fourth-order valence-corrected chi connectivity index (χ4v) is 1.31. The molecule has 0 fully saturated rings. The van der Waals surface area contributed by atoms with Crippen LogP contribution in [0.25, 0.3) is 6.08 Å². The first kappa shape index (κ1) is 14.7. The summed E-state index contributed by atoms with van der Waals surface area (Å²) in [4.78, 5) is 22.3. The quantitative estimate of drug-likeness (QED) is 0.627. The number of ether oxygens (including phenoxy) is 1. The molecule has 0 radical (unpaired) electrons. The van der Waals surface area contributed by atoms with Crippen molar-refractivity contribution in [3.05, 3.63) is 54.1 Å². The number of carbonyl (C=O) groups excluding carboxylic acids is 2. The average molecular weight is 259 g/mol. The molecule has 1 aromatic carbocycles. The number of hydrogen-bond donors (Lipinski definition) is 1. The number of rotatable bonds is 6. The molecule has 0 aliphatic heterocycles. The maximum absolute atomic E-state index is 11.3. The first-order valence-corrected chi connectivity index (χ1v) is 6.06. The third-order valence-electron chi connectivity index (χ3n) is 2.16. The molecule has 0 heterocycles. The molecule has 4 nitrogen and oxygen atoms in total. The second-order valence-corrected chi connectivity index (χ2v) is 3.64. The molecule has 0 bridgehead atoms. The van der Waals surface area contributed by atoms with Crippen LogP contribution in [-0.2, 0) is 14.3 Å². The SMILES string of the molecule is CCOC(=O)C=CC(=O)NC/C=C/c1ccccc1. The first-order valence-electron chi connectivity index (χ1n) is 6.06. The number of hydrogen-bond acceptors (Lipinski definition) is 3. The summed E-state index contributed by atoms with van der Waals surface area (Å²) in [6.45, 7) is 2.41. The second kappa shape index (κ2) is 8.69. The first-order chi connectivity index (χ1) is 9.22. The summed E-state index contributed by atoms with van der Waals surface area (Å²) in [6.07, 6.45) is 6.02. The molecule has 1 amide bonds. The van der Waals surface area contributed by atoms with Crippen molar-refractivity contribution in [1.29, 1.82) is 0 Å². The van der Waals surface area contributed by atoms with Gasteiger partial charge in [-0.3, -0.25) is 4.79 Å². The van der Waals surface area contributed by atoms with Crippen molar-refractivity contribution < 1.29 is 14.3 Å². The number of esters is 1. The van der Waals surface area contributed by atoms with E-state index in [4.69, 9.17) is 0 Å². The monoisotopic (exact) mass is 259 g/mol. The van der Waals surface area contributed by atoms with Gasteiger partial charge in [0.25, 0.3) is 0 Å². The maximum Gasteiger partial charge on any atom is 0.330 e. The molecule has 0 aliphatic rings. The smallest absolute Gasteiger partial charge is 0.330 e. The van der Waals surface area contributed by atoms with E-state index in [1.165, 1.54) is 0 Å². The van der Waals surface area contributed by atoms with Gasteiger partial charge >= 0.3 is 5.97 Å². The fourth-order valence-electron chi connectivity index (χ4n) is 1.31. The van der Waals surface area contributed by atoms with Crippen molar-refractivity contribution in [2.24, 2.45) is 0 Å². The Hall–Kier alpha value is -2.36. The Balaban J connectivity index is 2.27. The van der Waals surface area contributed by atoms with E-state index in [1.54, 1.807) is 6.92 Å². The molecule has 0 saturated heterocycles. The van der Waals surface area contributed by atoms with E-state index >= 15 is 0 Å². The number of carbonyl (C=O) groups is 2. The summed E-state index contributed by atoms with van der Waals surface area (Å²) >= 11 is 0. The third-order valence-corrected chi connectivity index (χ3v) is 2.16. The van der Waals surface area contributed by atoms with Gasteiger partial charge in [-0.1, -0.05) is 42.5 Å². The molecule has 0 saturated carbocycles. The van der Waals surface area contributed by atoms with Crippen LogP contribution in [0.3, 0.4) is 0 Å². The average Bonchev–Trinajstić information content (AvgIpc) is 2.43. The highest BCUT2D eigenvalue weighted by molar-refractivity contribution is 5.94. The zero-order valence-electron chi connectivity index (χ0n) is 10.8. The number of nitrogens with one attached hydrogen (secondary N) is 1. The molecule has 0 aromatic heterocycles. The van der Waals surface area contributed by atoms with Crippen LogP contribution in [0.4, 0.5) is 0 Å². The van der Waals surface area contributed by atoms with E-state index in [1.807, 2.05) is 42.5 Å². The van der Waals surface area contributed by atoms with E-state index in [-0.39, 0.29) is 5.91 Å². The Labute approximate surface area is 112 Å². The third kappa shape index (κ3) is 6.83. The van der Waals surface area contributed by atoms with Crippen molar-refractivity contribution in [2.75, 3.05) is 13.2 Å². The lowest BCUT2D eigenvalue weighted by Crippen LogP contribution is -2.21. The minimum Gasteiger partial charge on any atom is -0.463 e. The van der Waals surface area contributed by atoms with E-state index in [0.29, 0.717) is 13.2 Å². The topological polar surface area (TPSA) is 55.4 Å². The van der Waals surface area contributed by atoms with Crippen LogP contribution < -0.4 is 5.32 Å². The number of amides is 1. The van der Waals surface area contributed by atoms with Gasteiger partial charge in [-0.25, -0.2) is 4.79 Å². The van der Waals surface area contributed by atoms with Crippen LogP contribution in [-0.4, -0.2) is 25.0 Å². The van der Waals surface area contributed by atoms with E-state index in [2.05, 4.69) is 10.1 Å². The van der Waals surface area contributed by atoms with Crippen molar-refractivity contribution in [1.82, 2.24) is 5.32 Å². The standard InChI is InChI=1S/C15H17NO3/c1-2-19-15(18)11-10-14(17)16-12-6-9-13-7-4-3-5-8-13/h3-11H,2,12H2,1H3,(H,16,17)/b9-6+,11-10?. The van der Waals surface area contributed by atoms with Crippen molar-refractivity contribution in [2.45, 2.75) is 6.92 Å². The van der Waals surface area contributed by atoms with Crippen LogP contribution >= 0.6 is 0 Å². The molecule has 4 heteroatoms. The zero-order chi connectivity index (χ0) is 13.9. The number of benzene rings is 1. The molecule has 1 rings (SSSR count). The lowest BCUT2D eigenvalue weighted by molar-refractivity contribution is -0.137. The molecule has 1 aromatic rings. The van der Waals surface area contributed by atoms with Crippen LogP contribution in [0.5, 0.6) is 0 Å². The minimum absolute atomic E-state index is 0.296. The van der Waals surface area contributed by atoms with Crippen molar-refractivity contribution >= 4 is 18.0 Å². The molecule has 0 atom stereocenters. The highest BCUT2D eigenvalue weighted by Crippen LogP contribution is 1.99. The van der Waals surface area contributed by atoms with Gasteiger partial charge < -0.3 is 10.1 Å². The van der Waals surface area contributed by atoms with Gasteiger partial charge in [0.05, 0.1) is 6.61 Å². The normalized spacial score (nSPS) is 10.8. The Morgan fingerprint density at radius 1 is 1.21 bits per heavy atom. The molecule has 100 valence electrons. The lowest BCUT2D eigenvalue weighted by Gasteiger charge is -1.97. The summed E-state index contributed by atoms with van der Waals surface area (Å²) in [7, 11) is 0. The molecule has 0 aliphatic carbocycles. The van der Waals surface area contributed by atoms with Crippen LogP contribution in [0.15, 0.2) is 48.6 Å². The maximum atomic E-state index is 11.3. The molecule has 0 spiro atoms. The van der Waals surface area contributed by atoms with Crippen LogP contribution in [0, 0.1) is 0 Å². The van der Waals surface area contributed by atoms with Crippen molar-refractivity contribution in [3.8, 4) is 0 Å². The second-order valence-electron chi connectivity index (χ2n) is 3.64. The molecule has 1 N–H and O–H groups in total. The van der Waals surface area contributed by atoms with Gasteiger partial charge in [0.2, 0.25) is 5.91 Å². The van der Waals surface area contributed by atoms with Gasteiger partial charge in [0, 0.05) is 18.7 Å². The largest absolute Gasteiger partial charge is 0.463 e. The summed E-state index contributed by atoms with van der Waals surface area (Å²) in [6, 6.07) is 9.78. The van der Waals surface area contributed by atoms with Crippen LogP contribution in [0.1, 0.15) is 12.5 Å². The summed E-state index contributed by atoms with van der Waals surface area (Å²) in [5.41, 5.74) is 1.07. The fraction of sp³-hybridized carbons (Fsp3) is 0.200. The van der Waals surface area contributed by atoms with Crippen LogP contribution in [0.2, 0.25) is 0 Å². The zero-order valence-corrected chi connectivity index (χ0v) is 10.8. The molecule has 19 heavy (non-hydrogen) atoms. The van der Waals surface area contributed by atoms with Gasteiger partial charge in [0.1, 0.15) is 0 Å². The lowest BCUT2D eigenvalue weighted by atomic mass is 10.2.